The Labute approximate surface area is 126 Å². The summed E-state index contributed by atoms with van der Waals surface area (Å²) in [5, 5.41) is 0. The van der Waals surface area contributed by atoms with Gasteiger partial charge in [0.25, 0.3) is 0 Å². The molecule has 2 rings (SSSR count). The van der Waals surface area contributed by atoms with Crippen LogP contribution in [0.2, 0.25) is 4.34 Å². The van der Waals surface area contributed by atoms with Gasteiger partial charge in [-0.2, -0.15) is 0 Å². The summed E-state index contributed by atoms with van der Waals surface area (Å²) in [7, 11) is 1.95. The Balaban J connectivity index is 1.84. The normalized spacial score (nSPS) is 11.0. The van der Waals surface area contributed by atoms with Gasteiger partial charge in [-0.15, -0.1) is 11.3 Å². The number of carbonyl (C=O) groups is 1. The smallest absolute Gasteiger partial charge is 0.164 e. The maximum atomic E-state index is 13.0. The third-order valence-electron chi connectivity index (χ3n) is 2.92. The van der Waals surface area contributed by atoms with E-state index in [1.165, 1.54) is 23.5 Å². The summed E-state index contributed by atoms with van der Waals surface area (Å²) in [6.45, 7) is 1.39. The third kappa shape index (κ3) is 4.40. The van der Waals surface area contributed by atoms with Crippen LogP contribution in [0.15, 0.2) is 36.4 Å². The number of Topliss-reactive ketones (excluding diaryl/α,β-unsaturated/α-hetero) is 1. The van der Waals surface area contributed by atoms with Crippen molar-refractivity contribution in [1.29, 1.82) is 0 Å². The maximum absolute atomic E-state index is 13.0. The summed E-state index contributed by atoms with van der Waals surface area (Å²) in [6, 6.07) is 9.67. The van der Waals surface area contributed by atoms with Crippen molar-refractivity contribution in [3.8, 4) is 0 Å². The number of nitrogens with zero attached hydrogens (tertiary/aromatic N) is 1. The molecule has 0 saturated heterocycles. The molecule has 106 valence electrons. The van der Waals surface area contributed by atoms with Crippen LogP contribution in [0.1, 0.15) is 21.7 Å². The molecular formula is C15H15ClFNOS. The van der Waals surface area contributed by atoms with E-state index >= 15 is 0 Å². The monoisotopic (exact) mass is 311 g/mol. The molecular weight excluding hydrogens is 297 g/mol. The molecule has 0 spiro atoms. The Morgan fingerprint density at radius 2 is 2.15 bits per heavy atom. The molecule has 0 aliphatic rings. The van der Waals surface area contributed by atoms with Crippen LogP contribution in [0.5, 0.6) is 0 Å². The van der Waals surface area contributed by atoms with Gasteiger partial charge >= 0.3 is 0 Å². The molecule has 1 aromatic carbocycles. The van der Waals surface area contributed by atoms with E-state index in [-0.39, 0.29) is 11.6 Å². The largest absolute Gasteiger partial charge is 0.301 e. The molecule has 5 heteroatoms. The second-order valence-corrected chi connectivity index (χ2v) is 6.43. The Morgan fingerprint density at radius 1 is 1.35 bits per heavy atom. The molecule has 0 amide bonds. The number of thiophene rings is 1. The molecule has 0 aliphatic heterocycles. The molecule has 0 saturated carbocycles. The van der Waals surface area contributed by atoms with Gasteiger partial charge in [0.1, 0.15) is 5.82 Å². The van der Waals surface area contributed by atoms with Crippen molar-refractivity contribution in [2.45, 2.75) is 13.0 Å². The molecule has 0 aliphatic carbocycles. The van der Waals surface area contributed by atoms with Crippen molar-refractivity contribution < 1.29 is 9.18 Å². The minimum absolute atomic E-state index is 0.0411. The highest BCUT2D eigenvalue weighted by molar-refractivity contribution is 7.16. The van der Waals surface area contributed by atoms with Gasteiger partial charge < -0.3 is 4.90 Å². The minimum Gasteiger partial charge on any atom is -0.301 e. The first kappa shape index (κ1) is 15.2. The van der Waals surface area contributed by atoms with E-state index in [0.717, 1.165) is 15.8 Å². The van der Waals surface area contributed by atoms with E-state index in [9.17, 15) is 9.18 Å². The van der Waals surface area contributed by atoms with Gasteiger partial charge in [-0.25, -0.2) is 4.39 Å². The Morgan fingerprint density at radius 3 is 2.80 bits per heavy atom. The second-order valence-electron chi connectivity index (χ2n) is 4.63. The molecule has 1 aromatic heterocycles. The van der Waals surface area contributed by atoms with Gasteiger partial charge in [0, 0.05) is 30.0 Å². The first-order valence-electron chi connectivity index (χ1n) is 6.26. The van der Waals surface area contributed by atoms with Crippen molar-refractivity contribution >= 4 is 28.7 Å². The fraction of sp³-hybridized carbons (Fsp3) is 0.267. The van der Waals surface area contributed by atoms with Gasteiger partial charge in [-0.05, 0) is 31.3 Å². The Bertz CT molecular complexity index is 599. The summed E-state index contributed by atoms with van der Waals surface area (Å²) in [6.07, 6.45) is 0.374. The Hall–Kier alpha value is -1.23. The second kappa shape index (κ2) is 6.97. The van der Waals surface area contributed by atoms with Crippen LogP contribution in [-0.2, 0) is 6.54 Å². The fourth-order valence-electron chi connectivity index (χ4n) is 1.88. The van der Waals surface area contributed by atoms with Crippen molar-refractivity contribution in [2.75, 3.05) is 13.6 Å². The van der Waals surface area contributed by atoms with E-state index in [2.05, 4.69) is 4.90 Å². The number of carbonyl (C=O) groups excluding carboxylic acids is 1. The molecule has 20 heavy (non-hydrogen) atoms. The molecule has 1 heterocycles. The number of hydrogen-bond donors (Lipinski definition) is 0. The SMILES string of the molecule is CN(CCC(=O)c1cccc(F)c1)Cc1ccc(Cl)s1. The number of halogens is 2. The van der Waals surface area contributed by atoms with Crippen LogP contribution in [-0.4, -0.2) is 24.3 Å². The predicted octanol–water partition coefficient (Wildman–Crippen LogP) is 4.25. The van der Waals surface area contributed by atoms with Crippen molar-refractivity contribution in [2.24, 2.45) is 0 Å². The number of ketones is 1. The summed E-state index contributed by atoms with van der Waals surface area (Å²) < 4.78 is 13.8. The van der Waals surface area contributed by atoms with E-state index < -0.39 is 0 Å². The predicted molar refractivity (Wildman–Crippen MR) is 81.0 cm³/mol. The zero-order valence-electron chi connectivity index (χ0n) is 11.1. The van der Waals surface area contributed by atoms with Gasteiger partial charge in [0.2, 0.25) is 0 Å². The average molecular weight is 312 g/mol. The van der Waals surface area contributed by atoms with Crippen molar-refractivity contribution in [3.63, 3.8) is 0 Å². The zero-order chi connectivity index (χ0) is 14.5. The van der Waals surface area contributed by atoms with Crippen LogP contribution in [0.4, 0.5) is 4.39 Å². The number of rotatable bonds is 6. The number of hydrogen-bond acceptors (Lipinski definition) is 3. The molecule has 2 aromatic rings. The van der Waals surface area contributed by atoms with E-state index in [1.807, 2.05) is 19.2 Å². The molecule has 0 unspecified atom stereocenters. The lowest BCUT2D eigenvalue weighted by molar-refractivity contribution is 0.0967. The van der Waals surface area contributed by atoms with Gasteiger partial charge in [-0.1, -0.05) is 23.7 Å². The summed E-state index contributed by atoms with van der Waals surface area (Å²) >= 11 is 7.41. The van der Waals surface area contributed by atoms with Gasteiger partial charge in [0.15, 0.2) is 5.78 Å². The highest BCUT2D eigenvalue weighted by Crippen LogP contribution is 2.22. The first-order valence-corrected chi connectivity index (χ1v) is 7.45. The molecule has 0 atom stereocenters. The average Bonchev–Trinajstić information content (AvgIpc) is 2.81. The molecule has 0 fully saturated rings. The lowest BCUT2D eigenvalue weighted by Crippen LogP contribution is -2.21. The Kier molecular flexibility index (Phi) is 5.29. The third-order valence-corrected chi connectivity index (χ3v) is 4.14. The lowest BCUT2D eigenvalue weighted by Gasteiger charge is -2.14. The standard InChI is InChI=1S/C15H15ClFNOS/c1-18(10-13-5-6-15(16)20-13)8-7-14(19)11-3-2-4-12(17)9-11/h2-6,9H,7-8,10H2,1H3. The molecule has 0 N–H and O–H groups in total. The molecule has 0 radical (unpaired) electrons. The van der Waals surface area contributed by atoms with E-state index in [0.29, 0.717) is 18.5 Å². The molecule has 2 nitrogen and oxygen atoms in total. The highest BCUT2D eigenvalue weighted by atomic mass is 35.5. The molecule has 0 bridgehead atoms. The van der Waals surface area contributed by atoms with Crippen LogP contribution in [0.3, 0.4) is 0 Å². The summed E-state index contributed by atoms with van der Waals surface area (Å²) in [5.41, 5.74) is 0.428. The quantitative estimate of drug-likeness (QED) is 0.744. The summed E-state index contributed by atoms with van der Waals surface area (Å²) in [4.78, 5) is 15.2. The van der Waals surface area contributed by atoms with Crippen LogP contribution in [0.25, 0.3) is 0 Å². The van der Waals surface area contributed by atoms with Crippen LogP contribution in [0, 0.1) is 5.82 Å². The highest BCUT2D eigenvalue weighted by Gasteiger charge is 2.09. The first-order chi connectivity index (χ1) is 9.54. The van der Waals surface area contributed by atoms with E-state index in [4.69, 9.17) is 11.6 Å². The summed E-state index contributed by atoms with van der Waals surface area (Å²) in [5.74, 6) is -0.419. The van der Waals surface area contributed by atoms with Crippen LogP contribution < -0.4 is 0 Å². The van der Waals surface area contributed by atoms with Crippen molar-refractivity contribution in [1.82, 2.24) is 4.90 Å². The van der Waals surface area contributed by atoms with E-state index in [1.54, 1.807) is 12.1 Å². The van der Waals surface area contributed by atoms with Gasteiger partial charge in [0.05, 0.1) is 4.34 Å². The number of benzene rings is 1. The fourth-order valence-corrected chi connectivity index (χ4v) is 3.05. The lowest BCUT2D eigenvalue weighted by atomic mass is 10.1. The topological polar surface area (TPSA) is 20.3 Å². The maximum Gasteiger partial charge on any atom is 0.164 e. The zero-order valence-corrected chi connectivity index (χ0v) is 12.7. The van der Waals surface area contributed by atoms with Crippen LogP contribution >= 0.6 is 22.9 Å². The van der Waals surface area contributed by atoms with Crippen molar-refractivity contribution in [3.05, 3.63) is 57.0 Å². The minimum atomic E-state index is -0.377. The van der Waals surface area contributed by atoms with Gasteiger partial charge in [-0.3, -0.25) is 4.79 Å².